The fourth-order valence-corrected chi connectivity index (χ4v) is 9.18. The number of nitrogens with one attached hydrogen (secondary N) is 2. The number of ether oxygens (including phenoxy) is 1. The number of aromatic amines is 2. The minimum atomic E-state index is -0.881. The molecule has 3 aromatic heterocycles. The van der Waals surface area contributed by atoms with Gasteiger partial charge in [0.25, 0.3) is 0 Å². The second kappa shape index (κ2) is 13.8. The van der Waals surface area contributed by atoms with Gasteiger partial charge in [-0.25, -0.2) is 9.97 Å². The molecule has 3 N–H and O–H groups in total. The molecule has 0 saturated carbocycles. The molecule has 0 spiro atoms. The first-order chi connectivity index (χ1) is 22.9. The maximum atomic E-state index is 13.5. The second-order valence-corrected chi connectivity index (χ2v) is 15.1. The standard InChI is InChI=1S/C37H39Br3N4O4/c1-7-9-10-13-48-19(6)27-18(5)33-29(39)32-17(4)21(11-12-26(46)47)34(42-32)23-15-25(45)22-14-24(41-35(22)23)28(38)36-20(8-2)16(3)31(43-36)30(40)37(27)44-33/h14,19,42-43H,7-13,15H2,1-6H3,(H,46,47). The summed E-state index contributed by atoms with van der Waals surface area (Å²) in [4.78, 5) is 42.8. The van der Waals surface area contributed by atoms with Crippen LogP contribution in [0.5, 0.6) is 0 Å². The van der Waals surface area contributed by atoms with Gasteiger partial charge in [0.05, 0.1) is 58.8 Å². The first-order valence-corrected chi connectivity index (χ1v) is 18.9. The fourth-order valence-electron chi connectivity index (χ4n) is 7.15. The van der Waals surface area contributed by atoms with E-state index in [2.05, 4.69) is 92.4 Å². The fraction of sp³-hybridized carbons (Fsp3) is 0.405. The topological polar surface area (TPSA) is 121 Å². The minimum Gasteiger partial charge on any atom is -0.481 e. The van der Waals surface area contributed by atoms with Crippen LogP contribution in [0.25, 0.3) is 44.9 Å². The molecule has 2 aliphatic heterocycles. The van der Waals surface area contributed by atoms with Crippen LogP contribution in [0, 0.1) is 13.8 Å². The first-order valence-electron chi connectivity index (χ1n) is 16.5. The number of allylic oxidation sites excluding steroid dienone is 2. The van der Waals surface area contributed by atoms with Crippen molar-refractivity contribution in [2.24, 2.45) is 0 Å². The lowest BCUT2D eigenvalue weighted by molar-refractivity contribution is -0.137. The molecular formula is C37H39Br3N4O4. The Hall–Kier alpha value is -2.86. The van der Waals surface area contributed by atoms with Gasteiger partial charge < -0.3 is 19.8 Å². The Labute approximate surface area is 305 Å². The molecule has 252 valence electrons. The molecule has 0 saturated heterocycles. The zero-order valence-corrected chi connectivity index (χ0v) is 32.8. The Balaban J connectivity index is 1.78. The number of ketones is 1. The number of aliphatic carboxylic acids is 1. The van der Waals surface area contributed by atoms with Gasteiger partial charge in [-0.3, -0.25) is 9.59 Å². The number of halogens is 3. The van der Waals surface area contributed by atoms with Crippen LogP contribution in [0.2, 0.25) is 0 Å². The molecule has 3 aromatic rings. The Kier molecular flexibility index (Phi) is 10.1. The van der Waals surface area contributed by atoms with E-state index in [1.807, 2.05) is 13.0 Å². The molecule has 8 nitrogen and oxygen atoms in total. The van der Waals surface area contributed by atoms with Gasteiger partial charge in [0.15, 0.2) is 5.78 Å². The van der Waals surface area contributed by atoms with E-state index < -0.39 is 5.97 Å². The third-order valence-corrected chi connectivity index (χ3v) is 12.1. The molecule has 11 heteroatoms. The summed E-state index contributed by atoms with van der Waals surface area (Å²) in [6.07, 6.45) is 6.10. The number of rotatable bonds is 10. The van der Waals surface area contributed by atoms with Gasteiger partial charge in [-0.05, 0) is 129 Å². The van der Waals surface area contributed by atoms with Crippen LogP contribution in [-0.2, 0) is 33.6 Å². The summed E-state index contributed by atoms with van der Waals surface area (Å²) in [7, 11) is 0. The predicted molar refractivity (Wildman–Crippen MR) is 203 cm³/mol. The molecule has 3 aliphatic rings. The molecule has 0 radical (unpaired) electrons. The van der Waals surface area contributed by atoms with Crippen molar-refractivity contribution in [2.45, 2.75) is 92.6 Å². The monoisotopic (exact) mass is 840 g/mol. The summed E-state index contributed by atoms with van der Waals surface area (Å²) in [5.74, 6) is -0.889. The number of carboxylic acid groups (broad SMARTS) is 1. The zero-order valence-electron chi connectivity index (χ0n) is 28.0. The maximum absolute atomic E-state index is 13.5. The van der Waals surface area contributed by atoms with E-state index in [-0.39, 0.29) is 24.7 Å². The quantitative estimate of drug-likeness (QED) is 0.175. The number of carbonyl (C=O) groups excluding carboxylic acids is 1. The van der Waals surface area contributed by atoms with E-state index in [0.717, 1.165) is 112 Å². The van der Waals surface area contributed by atoms with Crippen molar-refractivity contribution in [3.63, 3.8) is 0 Å². The highest BCUT2D eigenvalue weighted by atomic mass is 79.9. The number of nitrogens with zero attached hydrogens (tertiary/aromatic N) is 2. The van der Waals surface area contributed by atoms with Crippen LogP contribution in [0.15, 0.2) is 13.4 Å². The highest BCUT2D eigenvalue weighted by molar-refractivity contribution is 9.11. The van der Waals surface area contributed by atoms with Gasteiger partial charge >= 0.3 is 5.97 Å². The Morgan fingerprint density at radius 3 is 2.25 bits per heavy atom. The average Bonchev–Trinajstić information content (AvgIpc) is 3.85. The van der Waals surface area contributed by atoms with Crippen LogP contribution < -0.4 is 0 Å². The van der Waals surface area contributed by atoms with Crippen molar-refractivity contribution in [3.8, 4) is 0 Å². The number of unbranched alkanes of at least 4 members (excludes halogenated alkanes) is 2. The molecule has 1 aliphatic carbocycles. The molecule has 48 heavy (non-hydrogen) atoms. The first kappa shape index (κ1) is 35.0. The van der Waals surface area contributed by atoms with Crippen molar-refractivity contribution >= 4 is 104 Å². The summed E-state index contributed by atoms with van der Waals surface area (Å²) < 4.78 is 8.79. The molecule has 8 bridgehead atoms. The molecule has 6 rings (SSSR count). The predicted octanol–water partition coefficient (Wildman–Crippen LogP) is 9.99. The summed E-state index contributed by atoms with van der Waals surface area (Å²) in [6, 6.07) is 0. The van der Waals surface area contributed by atoms with Crippen LogP contribution in [0.3, 0.4) is 0 Å². The summed E-state index contributed by atoms with van der Waals surface area (Å²) in [6.45, 7) is 13.2. The lowest BCUT2D eigenvalue weighted by Crippen LogP contribution is -2.12. The van der Waals surface area contributed by atoms with Crippen molar-refractivity contribution < 1.29 is 19.4 Å². The molecule has 0 fully saturated rings. The third kappa shape index (κ3) is 5.88. The minimum absolute atomic E-state index is 0.00731. The lowest BCUT2D eigenvalue weighted by atomic mass is 10.0. The van der Waals surface area contributed by atoms with Crippen LogP contribution >= 0.6 is 47.8 Å². The van der Waals surface area contributed by atoms with E-state index in [9.17, 15) is 14.7 Å². The lowest BCUT2D eigenvalue weighted by Gasteiger charge is -2.16. The highest BCUT2D eigenvalue weighted by Crippen LogP contribution is 2.45. The van der Waals surface area contributed by atoms with E-state index in [1.54, 1.807) is 0 Å². The van der Waals surface area contributed by atoms with Gasteiger partial charge in [0.1, 0.15) is 0 Å². The van der Waals surface area contributed by atoms with E-state index in [1.165, 1.54) is 0 Å². The summed E-state index contributed by atoms with van der Waals surface area (Å²) >= 11 is 11.8. The van der Waals surface area contributed by atoms with Crippen LogP contribution in [0.4, 0.5) is 0 Å². The van der Waals surface area contributed by atoms with E-state index >= 15 is 0 Å². The zero-order chi connectivity index (χ0) is 34.6. The number of Topliss-reactive ketones (excluding diaryl/α,β-unsaturated/α-hetero) is 1. The largest absolute Gasteiger partial charge is 0.481 e. The normalized spacial score (nSPS) is 14.7. The average molecular weight is 843 g/mol. The molecule has 0 amide bonds. The molecule has 1 unspecified atom stereocenters. The van der Waals surface area contributed by atoms with Gasteiger partial charge in [-0.1, -0.05) is 26.7 Å². The number of hydrogen-bond donors (Lipinski definition) is 3. The number of fused-ring (bicyclic) bond motifs is 8. The van der Waals surface area contributed by atoms with Crippen molar-refractivity contribution in [2.75, 3.05) is 6.61 Å². The number of carboxylic acids is 1. The maximum Gasteiger partial charge on any atom is 0.303 e. The van der Waals surface area contributed by atoms with Crippen molar-refractivity contribution in [3.05, 3.63) is 64.0 Å². The van der Waals surface area contributed by atoms with Gasteiger partial charge in [-0.15, -0.1) is 0 Å². The van der Waals surface area contributed by atoms with E-state index in [4.69, 9.17) is 14.7 Å². The van der Waals surface area contributed by atoms with Crippen LogP contribution in [0.1, 0.15) is 104 Å². The molecular weight excluding hydrogens is 804 g/mol. The van der Waals surface area contributed by atoms with E-state index in [0.29, 0.717) is 30.0 Å². The summed E-state index contributed by atoms with van der Waals surface area (Å²) in [5, 5.41) is 9.64. The number of aryl methyl sites for hydroxylation is 4. The smallest absolute Gasteiger partial charge is 0.303 e. The van der Waals surface area contributed by atoms with Gasteiger partial charge in [0.2, 0.25) is 0 Å². The molecule has 0 aromatic carbocycles. The van der Waals surface area contributed by atoms with Gasteiger partial charge in [-0.2, -0.15) is 0 Å². The van der Waals surface area contributed by atoms with Gasteiger partial charge in [0, 0.05) is 41.7 Å². The van der Waals surface area contributed by atoms with Crippen LogP contribution in [-0.4, -0.2) is 49.5 Å². The number of hydrogen-bond acceptors (Lipinski definition) is 5. The molecule has 5 heterocycles. The highest BCUT2D eigenvalue weighted by Gasteiger charge is 2.33. The Morgan fingerprint density at radius 2 is 1.58 bits per heavy atom. The number of aromatic nitrogens is 4. The SMILES string of the molecule is CCCCCOC(C)C1=C(C)c2nc1c(Br)c1[nH]c(c(Br)c3nc4c(c5[nH]c(c(C)c5CCC(=O)O)c2Br)CC(=O)C4=C3)c(CC)c1C. The number of H-pyrrole nitrogens is 2. The van der Waals surface area contributed by atoms with Crippen molar-refractivity contribution in [1.29, 1.82) is 0 Å². The summed E-state index contributed by atoms with van der Waals surface area (Å²) in [5.41, 5.74) is 13.6. The Morgan fingerprint density at radius 1 is 0.917 bits per heavy atom. The number of carbonyl (C=O) groups is 2. The third-order valence-electron chi connectivity index (χ3n) is 9.75. The second-order valence-electron chi connectivity index (χ2n) is 12.7. The van der Waals surface area contributed by atoms with Crippen molar-refractivity contribution in [1.82, 2.24) is 19.9 Å². The molecule has 1 atom stereocenters. The Bertz CT molecular complexity index is 2120.